The number of rotatable bonds is 6. The summed E-state index contributed by atoms with van der Waals surface area (Å²) >= 11 is 0. The Morgan fingerprint density at radius 1 is 1.25 bits per heavy atom. The number of carbonyl (C=O) groups is 1. The lowest BCUT2D eigenvalue weighted by Crippen LogP contribution is -2.45. The number of hydrogen-bond donors (Lipinski definition) is 0. The van der Waals surface area contributed by atoms with E-state index in [1.165, 1.54) is 29.7 Å². The summed E-state index contributed by atoms with van der Waals surface area (Å²) in [7, 11) is 0. The molecule has 6 nitrogen and oxygen atoms in total. The number of ether oxygens (including phenoxy) is 1. The van der Waals surface area contributed by atoms with Gasteiger partial charge < -0.3 is 9.64 Å². The van der Waals surface area contributed by atoms with Crippen LogP contribution in [0.15, 0.2) is 42.9 Å². The maximum Gasteiger partial charge on any atom is 0.410 e. The van der Waals surface area contributed by atoms with Crippen molar-refractivity contribution in [2.24, 2.45) is 5.41 Å². The third-order valence-electron chi connectivity index (χ3n) is 6.97. The van der Waals surface area contributed by atoms with Crippen LogP contribution in [0.5, 0.6) is 0 Å². The molecule has 2 atom stereocenters. The number of hydrogen-bond acceptors (Lipinski definition) is 5. The summed E-state index contributed by atoms with van der Waals surface area (Å²) in [5, 5.41) is 0. The first-order valence-corrected chi connectivity index (χ1v) is 11.9. The van der Waals surface area contributed by atoms with E-state index < -0.39 is 5.60 Å². The first kappa shape index (κ1) is 21.4. The summed E-state index contributed by atoms with van der Waals surface area (Å²) in [4.78, 5) is 26.5. The molecule has 3 aliphatic rings. The molecule has 0 spiro atoms. The lowest BCUT2D eigenvalue weighted by molar-refractivity contribution is 0.0168. The second kappa shape index (κ2) is 8.14. The molecular formula is C26H34N4O2. The number of fused-ring (bicyclic) bond motifs is 1. The van der Waals surface area contributed by atoms with E-state index >= 15 is 0 Å². The van der Waals surface area contributed by atoms with Crippen molar-refractivity contribution in [3.05, 3.63) is 59.7 Å². The van der Waals surface area contributed by atoms with Gasteiger partial charge in [0.1, 0.15) is 11.9 Å². The molecule has 2 saturated carbocycles. The molecule has 5 rings (SSSR count). The van der Waals surface area contributed by atoms with Crippen molar-refractivity contribution in [2.45, 2.75) is 70.6 Å². The molecule has 2 fully saturated rings. The third-order valence-corrected chi connectivity index (χ3v) is 6.97. The molecule has 2 aliphatic carbocycles. The minimum Gasteiger partial charge on any atom is -0.444 e. The molecule has 0 radical (unpaired) electrons. The van der Waals surface area contributed by atoms with Crippen LogP contribution in [0.2, 0.25) is 0 Å². The Morgan fingerprint density at radius 2 is 2.03 bits per heavy atom. The standard InChI is InChI=1S/C26H34N4O2/c1-25(2,3)32-24(31)30(23-13-21(23)19-7-5-4-6-8-19)17-26(10-11-26)16-29-12-9-22-20(15-29)14-27-18-28-22/h4-8,14,18,21,23H,9-13,15-17H2,1-3H3. The Labute approximate surface area is 191 Å². The van der Waals surface area contributed by atoms with E-state index in [-0.39, 0.29) is 17.6 Å². The quantitative estimate of drug-likeness (QED) is 0.674. The molecule has 170 valence electrons. The summed E-state index contributed by atoms with van der Waals surface area (Å²) in [6.07, 6.45) is 7.78. The lowest BCUT2D eigenvalue weighted by atomic mass is 10.0. The fourth-order valence-corrected chi connectivity index (χ4v) is 5.06. The highest BCUT2D eigenvalue weighted by Gasteiger charge is 2.52. The molecule has 2 unspecified atom stereocenters. The third kappa shape index (κ3) is 4.80. The second-order valence-electron chi connectivity index (χ2n) is 10.9. The summed E-state index contributed by atoms with van der Waals surface area (Å²) < 4.78 is 5.85. The molecule has 0 N–H and O–H groups in total. The van der Waals surface area contributed by atoms with E-state index in [9.17, 15) is 4.79 Å². The van der Waals surface area contributed by atoms with Crippen molar-refractivity contribution in [1.82, 2.24) is 19.8 Å². The van der Waals surface area contributed by atoms with Gasteiger partial charge in [-0.15, -0.1) is 0 Å². The van der Waals surface area contributed by atoms with Crippen LogP contribution >= 0.6 is 0 Å². The molecule has 2 aromatic rings. The van der Waals surface area contributed by atoms with Gasteiger partial charge in [0.15, 0.2) is 0 Å². The van der Waals surface area contributed by atoms with Gasteiger partial charge in [0.2, 0.25) is 0 Å². The van der Waals surface area contributed by atoms with Gasteiger partial charge in [-0.1, -0.05) is 30.3 Å². The molecule has 6 heteroatoms. The van der Waals surface area contributed by atoms with Crippen LogP contribution < -0.4 is 0 Å². The molecule has 32 heavy (non-hydrogen) atoms. The Hall–Kier alpha value is -2.47. The lowest BCUT2D eigenvalue weighted by Gasteiger charge is -2.35. The Balaban J connectivity index is 1.28. The van der Waals surface area contributed by atoms with Crippen LogP contribution in [0.4, 0.5) is 4.79 Å². The normalized spacial score (nSPS) is 23.8. The monoisotopic (exact) mass is 434 g/mol. The zero-order valence-electron chi connectivity index (χ0n) is 19.5. The summed E-state index contributed by atoms with van der Waals surface area (Å²) in [6, 6.07) is 10.8. The minimum atomic E-state index is -0.486. The van der Waals surface area contributed by atoms with Gasteiger partial charge in [0.25, 0.3) is 0 Å². The molecule has 1 aromatic carbocycles. The largest absolute Gasteiger partial charge is 0.444 e. The number of amides is 1. The van der Waals surface area contributed by atoms with Gasteiger partial charge in [0, 0.05) is 67.4 Å². The van der Waals surface area contributed by atoms with Gasteiger partial charge in [-0.2, -0.15) is 0 Å². The zero-order valence-corrected chi connectivity index (χ0v) is 19.5. The van der Waals surface area contributed by atoms with Crippen molar-refractivity contribution in [3.63, 3.8) is 0 Å². The number of aromatic nitrogens is 2. The molecule has 0 bridgehead atoms. The van der Waals surface area contributed by atoms with Crippen molar-refractivity contribution in [1.29, 1.82) is 0 Å². The summed E-state index contributed by atoms with van der Waals surface area (Å²) in [5.41, 5.74) is 3.43. The van der Waals surface area contributed by atoms with Gasteiger partial charge >= 0.3 is 6.09 Å². The molecular weight excluding hydrogens is 400 g/mol. The average molecular weight is 435 g/mol. The maximum atomic E-state index is 13.3. The van der Waals surface area contributed by atoms with Crippen molar-refractivity contribution in [3.8, 4) is 0 Å². The maximum absolute atomic E-state index is 13.3. The van der Waals surface area contributed by atoms with Crippen LogP contribution in [0.1, 0.15) is 62.8 Å². The van der Waals surface area contributed by atoms with Gasteiger partial charge in [-0.3, -0.25) is 4.90 Å². The summed E-state index contributed by atoms with van der Waals surface area (Å²) in [5.74, 6) is 0.415. The highest BCUT2D eigenvalue weighted by Crippen LogP contribution is 2.51. The van der Waals surface area contributed by atoms with Crippen LogP contribution in [0, 0.1) is 5.41 Å². The number of nitrogens with zero attached hydrogens (tertiary/aromatic N) is 4. The number of benzene rings is 1. The molecule has 0 saturated heterocycles. The highest BCUT2D eigenvalue weighted by atomic mass is 16.6. The molecule has 1 amide bonds. The smallest absolute Gasteiger partial charge is 0.410 e. The molecule has 1 aromatic heterocycles. The van der Waals surface area contributed by atoms with E-state index in [1.807, 2.05) is 33.0 Å². The SMILES string of the molecule is CC(C)(C)OC(=O)N(CC1(CN2CCc3ncncc3C2)CC1)C1CC1c1ccccc1. The zero-order chi connectivity index (χ0) is 22.3. The van der Waals surface area contributed by atoms with Gasteiger partial charge in [0.05, 0.1) is 0 Å². The van der Waals surface area contributed by atoms with Crippen LogP contribution in [0.25, 0.3) is 0 Å². The predicted molar refractivity (Wildman–Crippen MR) is 123 cm³/mol. The fraction of sp³-hybridized carbons (Fsp3) is 0.577. The van der Waals surface area contributed by atoms with Crippen LogP contribution in [-0.4, -0.2) is 57.1 Å². The van der Waals surface area contributed by atoms with Crippen LogP contribution in [0.3, 0.4) is 0 Å². The van der Waals surface area contributed by atoms with E-state index in [0.717, 1.165) is 39.0 Å². The van der Waals surface area contributed by atoms with E-state index in [1.54, 1.807) is 6.33 Å². The highest BCUT2D eigenvalue weighted by molar-refractivity contribution is 5.69. The van der Waals surface area contributed by atoms with E-state index in [0.29, 0.717) is 5.92 Å². The van der Waals surface area contributed by atoms with E-state index in [4.69, 9.17) is 4.74 Å². The van der Waals surface area contributed by atoms with E-state index in [2.05, 4.69) is 44.0 Å². The summed E-state index contributed by atoms with van der Waals surface area (Å²) in [6.45, 7) is 9.57. The van der Waals surface area contributed by atoms with Gasteiger partial charge in [-0.25, -0.2) is 14.8 Å². The first-order chi connectivity index (χ1) is 15.3. The topological polar surface area (TPSA) is 58.6 Å². The van der Waals surface area contributed by atoms with Crippen molar-refractivity contribution >= 4 is 6.09 Å². The number of carbonyl (C=O) groups excluding carboxylic acids is 1. The molecule has 2 heterocycles. The van der Waals surface area contributed by atoms with Crippen LogP contribution in [-0.2, 0) is 17.7 Å². The Kier molecular flexibility index (Phi) is 5.44. The van der Waals surface area contributed by atoms with Crippen molar-refractivity contribution < 1.29 is 9.53 Å². The Morgan fingerprint density at radius 3 is 2.75 bits per heavy atom. The predicted octanol–water partition coefficient (Wildman–Crippen LogP) is 4.41. The Bertz CT molecular complexity index is 967. The van der Waals surface area contributed by atoms with Crippen molar-refractivity contribution in [2.75, 3.05) is 19.6 Å². The average Bonchev–Trinajstić information content (AvgIpc) is 3.68. The fourth-order valence-electron chi connectivity index (χ4n) is 5.06. The second-order valence-corrected chi connectivity index (χ2v) is 10.9. The van der Waals surface area contributed by atoms with Gasteiger partial charge in [-0.05, 0) is 45.6 Å². The first-order valence-electron chi connectivity index (χ1n) is 11.9. The minimum absolute atomic E-state index is 0.162. The molecule has 1 aliphatic heterocycles.